The van der Waals surface area contributed by atoms with Crippen LogP contribution in [0, 0.1) is 0 Å². The Hall–Kier alpha value is -1.19. The standard InChI is InChI=1S/C10H7Cl2NO2/c1-13-7-4-5-2-3-6(11)8(12)9(5)15-10(7)14/h2-4,13H,1H3. The van der Waals surface area contributed by atoms with Crippen molar-refractivity contribution < 1.29 is 4.42 Å². The van der Waals surface area contributed by atoms with E-state index in [1.54, 1.807) is 25.2 Å². The number of anilines is 1. The van der Waals surface area contributed by atoms with Gasteiger partial charge in [0.15, 0.2) is 5.58 Å². The fraction of sp³-hybridized carbons (Fsp3) is 0.100. The first-order valence-electron chi connectivity index (χ1n) is 4.23. The van der Waals surface area contributed by atoms with Crippen molar-refractivity contribution in [2.45, 2.75) is 0 Å². The Morgan fingerprint density at radius 3 is 2.73 bits per heavy atom. The van der Waals surface area contributed by atoms with Gasteiger partial charge in [0.25, 0.3) is 0 Å². The predicted octanol–water partition coefficient (Wildman–Crippen LogP) is 3.14. The highest BCUT2D eigenvalue weighted by molar-refractivity contribution is 6.44. The summed E-state index contributed by atoms with van der Waals surface area (Å²) in [6, 6.07) is 5.07. The van der Waals surface area contributed by atoms with Gasteiger partial charge in [-0.25, -0.2) is 4.79 Å². The highest BCUT2D eigenvalue weighted by Crippen LogP contribution is 2.30. The molecule has 0 aliphatic rings. The van der Waals surface area contributed by atoms with Gasteiger partial charge in [0, 0.05) is 12.4 Å². The van der Waals surface area contributed by atoms with Crippen LogP contribution in [-0.2, 0) is 0 Å². The Kier molecular flexibility index (Phi) is 2.59. The lowest BCUT2D eigenvalue weighted by molar-refractivity contribution is 0.564. The topological polar surface area (TPSA) is 42.2 Å². The number of nitrogens with one attached hydrogen (secondary N) is 1. The zero-order chi connectivity index (χ0) is 11.0. The molecule has 1 aromatic heterocycles. The van der Waals surface area contributed by atoms with Gasteiger partial charge in [-0.2, -0.15) is 0 Å². The summed E-state index contributed by atoms with van der Waals surface area (Å²) in [7, 11) is 1.65. The van der Waals surface area contributed by atoms with Gasteiger partial charge in [0.05, 0.1) is 5.02 Å². The average molecular weight is 244 g/mol. The van der Waals surface area contributed by atoms with Crippen LogP contribution in [0.15, 0.2) is 27.4 Å². The molecule has 1 N–H and O–H groups in total. The van der Waals surface area contributed by atoms with Crippen molar-refractivity contribution in [3.05, 3.63) is 38.7 Å². The molecule has 0 fully saturated rings. The molecule has 1 aromatic carbocycles. The summed E-state index contributed by atoms with van der Waals surface area (Å²) >= 11 is 11.7. The Balaban J connectivity index is 2.87. The van der Waals surface area contributed by atoms with Crippen LogP contribution < -0.4 is 10.9 Å². The number of hydrogen-bond acceptors (Lipinski definition) is 3. The van der Waals surface area contributed by atoms with E-state index in [2.05, 4.69) is 5.32 Å². The van der Waals surface area contributed by atoms with Gasteiger partial charge in [0.1, 0.15) is 10.7 Å². The van der Waals surface area contributed by atoms with Gasteiger partial charge in [-0.15, -0.1) is 0 Å². The Labute approximate surface area is 95.6 Å². The van der Waals surface area contributed by atoms with Crippen LogP contribution in [0.3, 0.4) is 0 Å². The van der Waals surface area contributed by atoms with Crippen LogP contribution in [0.2, 0.25) is 10.0 Å². The van der Waals surface area contributed by atoms with Gasteiger partial charge in [-0.3, -0.25) is 0 Å². The van der Waals surface area contributed by atoms with Crippen LogP contribution in [0.1, 0.15) is 0 Å². The summed E-state index contributed by atoms with van der Waals surface area (Å²) in [6.07, 6.45) is 0. The largest absolute Gasteiger partial charge is 0.420 e. The van der Waals surface area contributed by atoms with E-state index in [9.17, 15) is 4.79 Å². The van der Waals surface area contributed by atoms with Crippen LogP contribution >= 0.6 is 23.2 Å². The fourth-order valence-corrected chi connectivity index (χ4v) is 1.66. The van der Waals surface area contributed by atoms with Gasteiger partial charge in [0.2, 0.25) is 0 Å². The zero-order valence-electron chi connectivity index (χ0n) is 7.80. The van der Waals surface area contributed by atoms with Gasteiger partial charge < -0.3 is 9.73 Å². The maximum absolute atomic E-state index is 11.4. The minimum absolute atomic E-state index is 0.258. The molecule has 0 amide bonds. The molecule has 0 saturated carbocycles. The normalized spacial score (nSPS) is 10.6. The van der Waals surface area contributed by atoms with E-state index in [1.807, 2.05) is 0 Å². The molecule has 5 heteroatoms. The maximum Gasteiger partial charge on any atom is 0.359 e. The smallest absolute Gasteiger partial charge is 0.359 e. The SMILES string of the molecule is CNc1cc2ccc(Cl)c(Cl)c2oc1=O. The van der Waals surface area contributed by atoms with Crippen molar-refractivity contribution in [2.24, 2.45) is 0 Å². The zero-order valence-corrected chi connectivity index (χ0v) is 9.32. The van der Waals surface area contributed by atoms with Crippen molar-refractivity contribution in [1.29, 1.82) is 0 Å². The van der Waals surface area contributed by atoms with E-state index in [0.29, 0.717) is 16.3 Å². The third-order valence-corrected chi connectivity index (χ3v) is 2.85. The first-order valence-corrected chi connectivity index (χ1v) is 4.98. The van der Waals surface area contributed by atoms with Gasteiger partial charge in [-0.05, 0) is 18.2 Å². The molecule has 0 saturated heterocycles. The number of fused-ring (bicyclic) bond motifs is 1. The highest BCUT2D eigenvalue weighted by Gasteiger charge is 2.09. The molecule has 15 heavy (non-hydrogen) atoms. The second kappa shape index (κ2) is 3.76. The molecule has 0 atom stereocenters. The van der Waals surface area contributed by atoms with Crippen molar-refractivity contribution in [3.63, 3.8) is 0 Å². The van der Waals surface area contributed by atoms with E-state index in [4.69, 9.17) is 27.6 Å². The second-order valence-electron chi connectivity index (χ2n) is 2.98. The number of rotatable bonds is 1. The Morgan fingerprint density at radius 2 is 2.07 bits per heavy atom. The van der Waals surface area contributed by atoms with Crippen LogP contribution in [0.5, 0.6) is 0 Å². The molecule has 0 aliphatic heterocycles. The van der Waals surface area contributed by atoms with Crippen molar-refractivity contribution >= 4 is 39.9 Å². The summed E-state index contributed by atoms with van der Waals surface area (Å²) < 4.78 is 5.06. The van der Waals surface area contributed by atoms with Crippen molar-refractivity contribution in [3.8, 4) is 0 Å². The van der Waals surface area contributed by atoms with Crippen LogP contribution in [0.4, 0.5) is 5.69 Å². The quantitative estimate of drug-likeness (QED) is 0.783. The van der Waals surface area contributed by atoms with E-state index >= 15 is 0 Å². The highest BCUT2D eigenvalue weighted by atomic mass is 35.5. The number of benzene rings is 1. The summed E-state index contributed by atoms with van der Waals surface area (Å²) in [6.45, 7) is 0. The van der Waals surface area contributed by atoms with E-state index < -0.39 is 5.63 Å². The summed E-state index contributed by atoms with van der Waals surface area (Å²) in [5.41, 5.74) is 0.239. The summed E-state index contributed by atoms with van der Waals surface area (Å²) in [5.74, 6) is 0. The monoisotopic (exact) mass is 243 g/mol. The first-order chi connectivity index (χ1) is 7.13. The molecule has 2 rings (SSSR count). The van der Waals surface area contributed by atoms with Gasteiger partial charge >= 0.3 is 5.63 Å². The number of hydrogen-bond donors (Lipinski definition) is 1. The van der Waals surface area contributed by atoms with Crippen molar-refractivity contribution in [2.75, 3.05) is 12.4 Å². The molecule has 0 unspecified atom stereocenters. The maximum atomic E-state index is 11.4. The fourth-order valence-electron chi connectivity index (χ4n) is 1.30. The predicted molar refractivity (Wildman–Crippen MR) is 62.1 cm³/mol. The van der Waals surface area contributed by atoms with E-state index in [0.717, 1.165) is 5.39 Å². The van der Waals surface area contributed by atoms with Gasteiger partial charge in [-0.1, -0.05) is 23.2 Å². The third kappa shape index (κ3) is 1.68. The minimum atomic E-state index is -0.464. The third-order valence-electron chi connectivity index (χ3n) is 2.06. The second-order valence-corrected chi connectivity index (χ2v) is 3.76. The minimum Gasteiger partial charge on any atom is -0.420 e. The summed E-state index contributed by atoms with van der Waals surface area (Å²) in [5, 5.41) is 4.09. The molecule has 0 aliphatic carbocycles. The average Bonchev–Trinajstić information content (AvgIpc) is 2.24. The molecule has 0 radical (unpaired) electrons. The lowest BCUT2D eigenvalue weighted by atomic mass is 10.2. The molecule has 78 valence electrons. The lowest BCUT2D eigenvalue weighted by Crippen LogP contribution is -2.06. The molecule has 3 nitrogen and oxygen atoms in total. The number of halogens is 2. The molecule has 0 bridgehead atoms. The van der Waals surface area contributed by atoms with E-state index in [1.165, 1.54) is 0 Å². The van der Waals surface area contributed by atoms with Crippen molar-refractivity contribution in [1.82, 2.24) is 0 Å². The lowest BCUT2D eigenvalue weighted by Gasteiger charge is -2.03. The summed E-state index contributed by atoms with van der Waals surface area (Å²) in [4.78, 5) is 11.4. The molecule has 2 aromatic rings. The first kappa shape index (κ1) is 10.3. The molecule has 1 heterocycles. The van der Waals surface area contributed by atoms with E-state index in [-0.39, 0.29) is 5.02 Å². The molecule has 0 spiro atoms. The molecular weight excluding hydrogens is 237 g/mol. The Morgan fingerprint density at radius 1 is 1.33 bits per heavy atom. The van der Waals surface area contributed by atoms with Crippen LogP contribution in [-0.4, -0.2) is 7.05 Å². The van der Waals surface area contributed by atoms with Crippen LogP contribution in [0.25, 0.3) is 11.0 Å². The molecular formula is C10H7Cl2NO2. The Bertz CT molecular complexity index is 577.